The van der Waals surface area contributed by atoms with Crippen LogP contribution in [0.1, 0.15) is 44.9 Å². The van der Waals surface area contributed by atoms with Gasteiger partial charge in [0.15, 0.2) is 0 Å². The molecule has 3 N–H and O–H groups in total. The van der Waals surface area contributed by atoms with Crippen molar-refractivity contribution in [2.45, 2.75) is 51.9 Å². The summed E-state index contributed by atoms with van der Waals surface area (Å²) in [7, 11) is 0. The molecule has 28 heavy (non-hydrogen) atoms. The Morgan fingerprint density at radius 1 is 1.25 bits per heavy atom. The highest BCUT2D eigenvalue weighted by Gasteiger charge is 2.22. The van der Waals surface area contributed by atoms with Gasteiger partial charge in [0.2, 0.25) is 0 Å². The number of alkyl carbamates (subject to hydrolysis) is 1. The third-order valence-corrected chi connectivity index (χ3v) is 4.23. The second kappa shape index (κ2) is 7.92. The van der Waals surface area contributed by atoms with E-state index in [9.17, 15) is 4.79 Å². The quantitative estimate of drug-likeness (QED) is 0.760. The predicted octanol–water partition coefficient (Wildman–Crippen LogP) is 4.56. The number of nitrogens with zero attached hydrogens (tertiary/aromatic N) is 1. The van der Waals surface area contributed by atoms with E-state index in [1.54, 1.807) is 6.21 Å². The van der Waals surface area contributed by atoms with Crippen molar-refractivity contribution < 1.29 is 14.3 Å². The largest absolute Gasteiger partial charge is 0.483 e. The lowest BCUT2D eigenvalue weighted by molar-refractivity contribution is 0.0503. The fraction of sp³-hybridized carbons (Fsp3) is 0.364. The number of amides is 1. The number of ether oxygens (including phenoxy) is 2. The maximum absolute atomic E-state index is 12.4. The molecular weight excluding hydrogens is 354 g/mol. The van der Waals surface area contributed by atoms with Crippen molar-refractivity contribution in [3.8, 4) is 5.75 Å². The van der Waals surface area contributed by atoms with Crippen molar-refractivity contribution in [2.75, 3.05) is 5.73 Å². The molecule has 3 rings (SSSR count). The first-order valence-electron chi connectivity index (χ1n) is 9.38. The minimum Gasteiger partial charge on any atom is -0.483 e. The number of nitrogens with one attached hydrogen (secondary N) is 1. The highest BCUT2D eigenvalue weighted by Crippen LogP contribution is 2.34. The molecular formula is C22H27N3O3. The number of anilines is 1. The molecule has 0 saturated carbocycles. The Bertz CT molecular complexity index is 870. The molecule has 0 radical (unpaired) electrons. The molecule has 1 aliphatic rings. The smallest absolute Gasteiger partial charge is 0.408 e. The van der Waals surface area contributed by atoms with Crippen molar-refractivity contribution in [3.05, 3.63) is 53.6 Å². The van der Waals surface area contributed by atoms with E-state index in [0.717, 1.165) is 22.6 Å². The third-order valence-electron chi connectivity index (χ3n) is 4.23. The fourth-order valence-corrected chi connectivity index (χ4v) is 2.96. The van der Waals surface area contributed by atoms with Crippen LogP contribution in [0.3, 0.4) is 0 Å². The number of hydrogen-bond acceptors (Lipinski definition) is 5. The molecule has 6 heteroatoms. The first kappa shape index (κ1) is 19.7. The summed E-state index contributed by atoms with van der Waals surface area (Å²) in [6.45, 7) is 7.46. The number of carbonyl (C=O) groups is 1. The summed E-state index contributed by atoms with van der Waals surface area (Å²) in [5.74, 6) is 0.738. The van der Waals surface area contributed by atoms with Gasteiger partial charge in [-0.1, -0.05) is 18.2 Å². The highest BCUT2D eigenvalue weighted by atomic mass is 16.6. The van der Waals surface area contributed by atoms with Gasteiger partial charge in [0.25, 0.3) is 0 Å². The summed E-state index contributed by atoms with van der Waals surface area (Å²) in [6.07, 6.45) is 1.85. The lowest BCUT2D eigenvalue weighted by Gasteiger charge is -2.25. The summed E-state index contributed by atoms with van der Waals surface area (Å²) in [6, 6.07) is 13.1. The number of benzene rings is 2. The first-order valence-corrected chi connectivity index (χ1v) is 9.38. The van der Waals surface area contributed by atoms with E-state index in [-0.39, 0.29) is 12.1 Å². The molecule has 0 saturated heterocycles. The number of nitrogen functional groups attached to an aromatic ring is 1. The number of carbonyl (C=O) groups excluding carboxylic acids is 1. The monoisotopic (exact) mass is 381 g/mol. The van der Waals surface area contributed by atoms with E-state index in [1.165, 1.54) is 0 Å². The molecule has 2 aromatic rings. The Kier molecular flexibility index (Phi) is 5.58. The molecule has 1 heterocycles. The van der Waals surface area contributed by atoms with Gasteiger partial charge in [-0.05, 0) is 69.5 Å². The van der Waals surface area contributed by atoms with Crippen LogP contribution in [0.2, 0.25) is 0 Å². The minimum atomic E-state index is -0.569. The molecule has 0 bridgehead atoms. The Morgan fingerprint density at radius 2 is 1.96 bits per heavy atom. The van der Waals surface area contributed by atoms with Crippen LogP contribution in [0.5, 0.6) is 5.75 Å². The van der Waals surface area contributed by atoms with Crippen molar-refractivity contribution in [1.82, 2.24) is 5.32 Å². The highest BCUT2D eigenvalue weighted by molar-refractivity contribution is 5.74. The molecule has 148 valence electrons. The zero-order chi connectivity index (χ0) is 20.3. The van der Waals surface area contributed by atoms with Gasteiger partial charge in [-0.3, -0.25) is 4.99 Å². The Labute approximate surface area is 165 Å². The van der Waals surface area contributed by atoms with E-state index >= 15 is 0 Å². The molecule has 2 unspecified atom stereocenters. The van der Waals surface area contributed by atoms with Crippen LogP contribution >= 0.6 is 0 Å². The molecule has 1 amide bonds. The Hall–Kier alpha value is -3.02. The van der Waals surface area contributed by atoms with Gasteiger partial charge < -0.3 is 20.5 Å². The first-order chi connectivity index (χ1) is 13.2. The third kappa shape index (κ3) is 5.25. The normalized spacial score (nSPS) is 16.6. The Morgan fingerprint density at radius 3 is 2.64 bits per heavy atom. The number of rotatable bonds is 4. The zero-order valence-corrected chi connectivity index (χ0v) is 16.7. The Balaban J connectivity index is 1.86. The van der Waals surface area contributed by atoms with Crippen molar-refractivity contribution in [1.29, 1.82) is 0 Å². The van der Waals surface area contributed by atoms with E-state index in [4.69, 9.17) is 15.2 Å². The van der Waals surface area contributed by atoms with Crippen LogP contribution in [0, 0.1) is 0 Å². The topological polar surface area (TPSA) is 85.9 Å². The average molecular weight is 381 g/mol. The van der Waals surface area contributed by atoms with Crippen LogP contribution < -0.4 is 15.8 Å². The van der Waals surface area contributed by atoms with Crippen molar-refractivity contribution >= 4 is 23.7 Å². The summed E-state index contributed by atoms with van der Waals surface area (Å²) < 4.78 is 11.2. The van der Waals surface area contributed by atoms with Crippen LogP contribution in [-0.2, 0) is 11.2 Å². The summed E-state index contributed by atoms with van der Waals surface area (Å²) in [5, 5.41) is 2.98. The summed E-state index contributed by atoms with van der Waals surface area (Å²) in [4.78, 5) is 16.9. The molecule has 6 nitrogen and oxygen atoms in total. The molecule has 0 aliphatic carbocycles. The van der Waals surface area contributed by atoms with Crippen molar-refractivity contribution in [2.24, 2.45) is 4.99 Å². The number of fused-ring (bicyclic) bond motifs is 1. The van der Waals surface area contributed by atoms with Gasteiger partial charge in [0.1, 0.15) is 23.1 Å². The molecule has 2 aromatic carbocycles. The standard InChI is InChI=1S/C22H27N3O3/c1-14-13-24-19-12-16(7-10-20(19)27-14)18(25-21(26)28-22(2,3)4)11-15-5-8-17(23)9-6-15/h5-10,12-14,18H,11,23H2,1-4H3,(H,25,26). The minimum absolute atomic E-state index is 0.0520. The molecule has 0 fully saturated rings. The zero-order valence-electron chi connectivity index (χ0n) is 16.7. The predicted molar refractivity (Wildman–Crippen MR) is 111 cm³/mol. The maximum Gasteiger partial charge on any atom is 0.408 e. The van der Waals surface area contributed by atoms with E-state index < -0.39 is 11.7 Å². The van der Waals surface area contributed by atoms with Crippen LogP contribution in [0.4, 0.5) is 16.2 Å². The second-order valence-corrected chi connectivity index (χ2v) is 7.97. The maximum atomic E-state index is 12.4. The van der Waals surface area contributed by atoms with Crippen LogP contribution in [-0.4, -0.2) is 24.0 Å². The van der Waals surface area contributed by atoms with Gasteiger partial charge >= 0.3 is 6.09 Å². The lowest BCUT2D eigenvalue weighted by Crippen LogP contribution is -2.35. The lowest BCUT2D eigenvalue weighted by atomic mass is 9.98. The van der Waals surface area contributed by atoms with Gasteiger partial charge in [-0.2, -0.15) is 0 Å². The van der Waals surface area contributed by atoms with Crippen molar-refractivity contribution in [3.63, 3.8) is 0 Å². The molecule has 1 aliphatic heterocycles. The van der Waals surface area contributed by atoms with Gasteiger partial charge in [-0.25, -0.2) is 4.79 Å². The molecule has 2 atom stereocenters. The SMILES string of the molecule is CC1C=Nc2cc(C(Cc3ccc(N)cc3)NC(=O)OC(C)(C)C)ccc2O1. The average Bonchev–Trinajstić information content (AvgIpc) is 2.61. The van der Waals surface area contributed by atoms with Gasteiger partial charge in [0, 0.05) is 11.9 Å². The number of nitrogens with two attached hydrogens (primary N) is 1. The molecule has 0 spiro atoms. The van der Waals surface area contributed by atoms with E-state index in [2.05, 4.69) is 10.3 Å². The van der Waals surface area contributed by atoms with Crippen LogP contribution in [0.25, 0.3) is 0 Å². The molecule has 0 aromatic heterocycles. The van der Waals surface area contributed by atoms with Gasteiger partial charge in [0.05, 0.1) is 6.04 Å². The van der Waals surface area contributed by atoms with Gasteiger partial charge in [-0.15, -0.1) is 0 Å². The second-order valence-electron chi connectivity index (χ2n) is 7.97. The number of hydrogen-bond donors (Lipinski definition) is 2. The van der Waals surface area contributed by atoms with Crippen LogP contribution in [0.15, 0.2) is 47.5 Å². The fourth-order valence-electron chi connectivity index (χ4n) is 2.96. The van der Waals surface area contributed by atoms with E-state index in [1.807, 2.05) is 70.2 Å². The summed E-state index contributed by atoms with van der Waals surface area (Å²) in [5.41, 5.74) is 8.66. The number of aliphatic imine (C=N–C) groups is 1. The summed E-state index contributed by atoms with van der Waals surface area (Å²) >= 11 is 0. The van der Waals surface area contributed by atoms with E-state index in [0.29, 0.717) is 12.1 Å².